The summed E-state index contributed by atoms with van der Waals surface area (Å²) in [6.45, 7) is 2.87. The van der Waals surface area contributed by atoms with Crippen LogP contribution in [-0.4, -0.2) is 41.8 Å². The summed E-state index contributed by atoms with van der Waals surface area (Å²) in [5.41, 5.74) is 0. The van der Waals surface area contributed by atoms with Gasteiger partial charge in [0, 0.05) is 6.04 Å². The maximum atomic E-state index is 11.9. The van der Waals surface area contributed by atoms with Gasteiger partial charge in [0.05, 0.1) is 19.0 Å². The third-order valence-corrected chi connectivity index (χ3v) is 2.22. The van der Waals surface area contributed by atoms with Crippen LogP contribution in [0.4, 0.5) is 8.78 Å². The van der Waals surface area contributed by atoms with Crippen LogP contribution in [0, 0.1) is 0 Å². The van der Waals surface area contributed by atoms with Gasteiger partial charge in [-0.05, 0) is 13.8 Å². The van der Waals surface area contributed by atoms with Crippen molar-refractivity contribution in [2.24, 2.45) is 0 Å². The predicted octanol–water partition coefficient (Wildman–Crippen LogP) is 0.377. The first-order valence-corrected chi connectivity index (χ1v) is 4.81. The second-order valence-electron chi connectivity index (χ2n) is 3.75. The van der Waals surface area contributed by atoms with Crippen molar-refractivity contribution >= 4 is 11.8 Å². The summed E-state index contributed by atoms with van der Waals surface area (Å²) in [5, 5.41) is 2.38. The lowest BCUT2D eigenvalue weighted by molar-refractivity contribution is -0.140. The molecular weight excluding hydrogens is 206 g/mol. The minimum atomic E-state index is -2.51. The summed E-state index contributed by atoms with van der Waals surface area (Å²) >= 11 is 0. The maximum Gasteiger partial charge on any atom is 0.250 e. The summed E-state index contributed by atoms with van der Waals surface area (Å²) in [7, 11) is 0. The molecule has 2 amide bonds. The van der Waals surface area contributed by atoms with E-state index < -0.39 is 24.9 Å². The van der Waals surface area contributed by atoms with Crippen LogP contribution < -0.4 is 5.32 Å². The molecule has 0 aromatic rings. The van der Waals surface area contributed by atoms with E-state index >= 15 is 0 Å². The average Bonchev–Trinajstić information content (AvgIpc) is 2.37. The minimum absolute atomic E-state index is 0.0241. The van der Waals surface area contributed by atoms with Gasteiger partial charge in [0.15, 0.2) is 0 Å². The number of carbonyl (C=O) groups excluding carboxylic acids is 2. The van der Waals surface area contributed by atoms with E-state index in [0.717, 1.165) is 4.90 Å². The van der Waals surface area contributed by atoms with Gasteiger partial charge in [-0.25, -0.2) is 8.78 Å². The van der Waals surface area contributed by atoms with Crippen LogP contribution in [0.5, 0.6) is 0 Å². The van der Waals surface area contributed by atoms with Crippen molar-refractivity contribution in [2.45, 2.75) is 38.8 Å². The van der Waals surface area contributed by atoms with E-state index in [0.29, 0.717) is 0 Å². The average molecular weight is 220 g/mol. The van der Waals surface area contributed by atoms with Crippen molar-refractivity contribution < 1.29 is 18.4 Å². The van der Waals surface area contributed by atoms with Gasteiger partial charge in [0.2, 0.25) is 11.8 Å². The summed E-state index contributed by atoms with van der Waals surface area (Å²) in [4.78, 5) is 24.0. The van der Waals surface area contributed by atoms with Crippen molar-refractivity contribution in [1.29, 1.82) is 0 Å². The second kappa shape index (κ2) is 4.65. The Morgan fingerprint density at radius 1 is 1.47 bits per heavy atom. The Labute approximate surface area is 86.6 Å². The molecular formula is C9H14F2N2O2. The van der Waals surface area contributed by atoms with Gasteiger partial charge in [-0.1, -0.05) is 0 Å². The van der Waals surface area contributed by atoms with Crippen LogP contribution in [0.1, 0.15) is 20.3 Å². The van der Waals surface area contributed by atoms with E-state index in [-0.39, 0.29) is 18.4 Å². The first-order valence-electron chi connectivity index (χ1n) is 4.81. The van der Waals surface area contributed by atoms with Gasteiger partial charge in [-0.3, -0.25) is 19.8 Å². The molecule has 1 aliphatic heterocycles. The highest BCUT2D eigenvalue weighted by Crippen LogP contribution is 2.16. The predicted molar refractivity (Wildman–Crippen MR) is 49.4 cm³/mol. The first kappa shape index (κ1) is 12.0. The van der Waals surface area contributed by atoms with Gasteiger partial charge in [-0.2, -0.15) is 0 Å². The molecule has 1 atom stereocenters. The number of imide groups is 1. The molecule has 1 N–H and O–H groups in total. The van der Waals surface area contributed by atoms with E-state index in [1.807, 2.05) is 0 Å². The number of halogens is 2. The third-order valence-electron chi connectivity index (χ3n) is 2.22. The van der Waals surface area contributed by atoms with Gasteiger partial charge in [-0.15, -0.1) is 0 Å². The zero-order valence-corrected chi connectivity index (χ0v) is 8.67. The summed E-state index contributed by atoms with van der Waals surface area (Å²) in [6, 6.07) is -1.00. The van der Waals surface area contributed by atoms with Crippen molar-refractivity contribution in [3.63, 3.8) is 0 Å². The highest BCUT2D eigenvalue weighted by atomic mass is 19.3. The Hall–Kier alpha value is -1.04. The van der Waals surface area contributed by atoms with E-state index in [9.17, 15) is 18.4 Å². The summed E-state index contributed by atoms with van der Waals surface area (Å²) < 4.78 is 23.8. The Balaban J connectivity index is 2.57. The van der Waals surface area contributed by atoms with Crippen molar-refractivity contribution in [2.75, 3.05) is 6.54 Å². The number of likely N-dealkylation sites (tertiary alicyclic amines) is 1. The van der Waals surface area contributed by atoms with Crippen LogP contribution in [0.3, 0.4) is 0 Å². The zero-order valence-electron chi connectivity index (χ0n) is 8.67. The standard InChI is InChI=1S/C9H14F2N2O2/c1-5(2)13-8(14)3-6(9(13)15)12-4-7(10)11/h5-7,12H,3-4H2,1-2H3. The van der Waals surface area contributed by atoms with Crippen LogP contribution >= 0.6 is 0 Å². The largest absolute Gasteiger partial charge is 0.300 e. The maximum absolute atomic E-state index is 11.9. The lowest BCUT2D eigenvalue weighted by Gasteiger charge is -2.19. The van der Waals surface area contributed by atoms with Crippen molar-refractivity contribution in [1.82, 2.24) is 10.2 Å². The Kier molecular flexibility index (Phi) is 3.73. The number of amides is 2. The molecule has 1 heterocycles. The Morgan fingerprint density at radius 3 is 2.47 bits per heavy atom. The highest BCUT2D eigenvalue weighted by molar-refractivity contribution is 6.05. The molecule has 1 fully saturated rings. The van der Waals surface area contributed by atoms with E-state index in [4.69, 9.17) is 0 Å². The molecule has 0 saturated carbocycles. The zero-order chi connectivity index (χ0) is 11.6. The third kappa shape index (κ3) is 2.71. The van der Waals surface area contributed by atoms with Crippen LogP contribution in [0.25, 0.3) is 0 Å². The fraction of sp³-hybridized carbons (Fsp3) is 0.778. The molecule has 0 radical (unpaired) electrons. The fourth-order valence-corrected chi connectivity index (χ4v) is 1.58. The van der Waals surface area contributed by atoms with Gasteiger partial charge in [0.1, 0.15) is 0 Å². The Morgan fingerprint density at radius 2 is 2.07 bits per heavy atom. The molecule has 1 saturated heterocycles. The quantitative estimate of drug-likeness (QED) is 0.697. The van der Waals surface area contributed by atoms with E-state index in [1.54, 1.807) is 13.8 Å². The van der Waals surface area contributed by atoms with Crippen LogP contribution in [0.2, 0.25) is 0 Å². The lowest BCUT2D eigenvalue weighted by atomic mass is 10.2. The number of rotatable bonds is 4. The number of alkyl halides is 2. The molecule has 1 rings (SSSR count). The highest BCUT2D eigenvalue weighted by Gasteiger charge is 2.39. The summed E-state index contributed by atoms with van der Waals surface area (Å²) in [6.07, 6.45) is -2.54. The molecule has 1 aliphatic rings. The van der Waals surface area contributed by atoms with Gasteiger partial charge >= 0.3 is 0 Å². The van der Waals surface area contributed by atoms with Crippen LogP contribution in [-0.2, 0) is 9.59 Å². The van der Waals surface area contributed by atoms with Gasteiger partial charge < -0.3 is 0 Å². The van der Waals surface area contributed by atoms with E-state index in [2.05, 4.69) is 5.32 Å². The summed E-state index contributed by atoms with van der Waals surface area (Å²) in [5.74, 6) is -0.711. The molecule has 0 aromatic heterocycles. The molecule has 15 heavy (non-hydrogen) atoms. The topological polar surface area (TPSA) is 49.4 Å². The number of nitrogens with one attached hydrogen (secondary N) is 1. The van der Waals surface area contributed by atoms with Crippen LogP contribution in [0.15, 0.2) is 0 Å². The molecule has 6 heteroatoms. The van der Waals surface area contributed by atoms with Crippen molar-refractivity contribution in [3.8, 4) is 0 Å². The van der Waals surface area contributed by atoms with Crippen molar-refractivity contribution in [3.05, 3.63) is 0 Å². The van der Waals surface area contributed by atoms with E-state index in [1.165, 1.54) is 0 Å². The number of hydrogen-bond acceptors (Lipinski definition) is 3. The normalized spacial score (nSPS) is 22.3. The fourth-order valence-electron chi connectivity index (χ4n) is 1.58. The molecule has 1 unspecified atom stereocenters. The molecule has 0 bridgehead atoms. The second-order valence-corrected chi connectivity index (χ2v) is 3.75. The molecule has 0 spiro atoms. The van der Waals surface area contributed by atoms with Gasteiger partial charge in [0.25, 0.3) is 6.43 Å². The minimum Gasteiger partial charge on any atom is -0.300 e. The smallest absolute Gasteiger partial charge is 0.250 e. The molecule has 0 aromatic carbocycles. The number of nitrogens with zero attached hydrogens (tertiary/aromatic N) is 1. The molecule has 0 aliphatic carbocycles. The molecule has 4 nitrogen and oxygen atoms in total. The monoisotopic (exact) mass is 220 g/mol. The number of carbonyl (C=O) groups is 2. The Bertz CT molecular complexity index is 269. The SMILES string of the molecule is CC(C)N1C(=O)CC(NCC(F)F)C1=O. The first-order chi connectivity index (χ1) is 6.93. The molecule has 86 valence electrons. The number of hydrogen-bond donors (Lipinski definition) is 1. The lowest BCUT2D eigenvalue weighted by Crippen LogP contribution is -2.43.